The lowest BCUT2D eigenvalue weighted by Crippen LogP contribution is -2.40. The number of amides is 1. The number of nitrogens with one attached hydrogen (secondary N) is 1. The highest BCUT2D eigenvalue weighted by Gasteiger charge is 2.18. The van der Waals surface area contributed by atoms with E-state index in [9.17, 15) is 4.79 Å². The Bertz CT molecular complexity index is 652. The molecule has 2 rings (SSSR count). The van der Waals surface area contributed by atoms with E-state index in [1.54, 1.807) is 13.2 Å². The molecule has 118 valence electrons. The first-order valence-corrected chi connectivity index (χ1v) is 7.35. The third-order valence-corrected chi connectivity index (χ3v) is 3.31. The van der Waals surface area contributed by atoms with Gasteiger partial charge in [0.2, 0.25) is 0 Å². The van der Waals surface area contributed by atoms with Crippen LogP contribution in [-0.4, -0.2) is 18.6 Å². The Hall–Kier alpha value is -2.07. The van der Waals surface area contributed by atoms with E-state index in [2.05, 4.69) is 5.32 Å². The van der Waals surface area contributed by atoms with E-state index in [4.69, 9.17) is 9.15 Å². The molecule has 1 aromatic carbocycles. The second kappa shape index (κ2) is 6.36. The number of ether oxygens (including phenoxy) is 1. The van der Waals surface area contributed by atoms with Crippen LogP contribution in [0, 0.1) is 0 Å². The maximum absolute atomic E-state index is 12.1. The summed E-state index contributed by atoms with van der Waals surface area (Å²) in [5.41, 5.74) is 1.70. The zero-order chi connectivity index (χ0) is 16.3. The lowest BCUT2D eigenvalue weighted by atomic mass is 10.1. The minimum Gasteiger partial charge on any atom is -0.451 e. The quantitative estimate of drug-likeness (QED) is 0.921. The summed E-state index contributed by atoms with van der Waals surface area (Å²) >= 11 is 0. The van der Waals surface area contributed by atoms with Gasteiger partial charge in [-0.05, 0) is 51.5 Å². The molecule has 0 unspecified atom stereocenters. The molecule has 4 nitrogen and oxygen atoms in total. The van der Waals surface area contributed by atoms with E-state index in [0.717, 1.165) is 11.1 Å². The number of carbonyl (C=O) groups excluding carboxylic acids is 1. The van der Waals surface area contributed by atoms with E-state index < -0.39 is 0 Å². The lowest BCUT2D eigenvalue weighted by Gasteiger charge is -2.19. The fraction of sp³-hybridized carbons (Fsp3) is 0.389. The van der Waals surface area contributed by atoms with Crippen LogP contribution in [0.2, 0.25) is 0 Å². The Labute approximate surface area is 131 Å². The Kier molecular flexibility index (Phi) is 4.71. The summed E-state index contributed by atoms with van der Waals surface area (Å²) in [6.07, 6.45) is 0.0126. The summed E-state index contributed by atoms with van der Waals surface area (Å²) in [4.78, 5) is 12.1. The molecule has 22 heavy (non-hydrogen) atoms. The van der Waals surface area contributed by atoms with Gasteiger partial charge in [-0.15, -0.1) is 0 Å². The number of furan rings is 1. The zero-order valence-electron chi connectivity index (χ0n) is 13.8. The standard InChI is InChI=1S/C18H23NO3/c1-12(21-5)13-7-6-8-14(11-13)15-9-10-16(22-15)17(20)19-18(2,3)4/h6-12H,1-5H3,(H,19,20)/t12-/m0/s1. The minimum absolute atomic E-state index is 0.0126. The van der Waals surface area contributed by atoms with Gasteiger partial charge in [-0.3, -0.25) is 4.79 Å². The van der Waals surface area contributed by atoms with E-state index in [1.807, 2.05) is 58.0 Å². The molecule has 0 aliphatic rings. The molecule has 0 bridgehead atoms. The highest BCUT2D eigenvalue weighted by Crippen LogP contribution is 2.26. The first-order valence-electron chi connectivity index (χ1n) is 7.35. The van der Waals surface area contributed by atoms with Gasteiger partial charge >= 0.3 is 0 Å². The molecular weight excluding hydrogens is 278 g/mol. The summed E-state index contributed by atoms with van der Waals surface area (Å²) in [5, 5.41) is 2.89. The predicted octanol–water partition coefficient (Wildman–Crippen LogP) is 4.18. The molecule has 0 radical (unpaired) electrons. The number of benzene rings is 1. The van der Waals surface area contributed by atoms with Crippen LogP contribution in [0.15, 0.2) is 40.8 Å². The van der Waals surface area contributed by atoms with Crippen molar-refractivity contribution in [3.8, 4) is 11.3 Å². The van der Waals surface area contributed by atoms with Crippen molar-refractivity contribution in [1.29, 1.82) is 0 Å². The maximum atomic E-state index is 12.1. The Balaban J connectivity index is 2.23. The van der Waals surface area contributed by atoms with Crippen LogP contribution in [0.1, 0.15) is 49.9 Å². The molecule has 1 atom stereocenters. The average molecular weight is 301 g/mol. The van der Waals surface area contributed by atoms with Crippen LogP contribution in [0.3, 0.4) is 0 Å². The maximum Gasteiger partial charge on any atom is 0.287 e. The molecule has 1 aromatic heterocycles. The number of hydrogen-bond acceptors (Lipinski definition) is 3. The smallest absolute Gasteiger partial charge is 0.287 e. The van der Waals surface area contributed by atoms with E-state index in [1.165, 1.54) is 0 Å². The number of methoxy groups -OCH3 is 1. The van der Waals surface area contributed by atoms with E-state index in [-0.39, 0.29) is 17.6 Å². The van der Waals surface area contributed by atoms with Crippen molar-refractivity contribution in [2.24, 2.45) is 0 Å². The molecule has 1 N–H and O–H groups in total. The Morgan fingerprint density at radius 1 is 1.23 bits per heavy atom. The lowest BCUT2D eigenvalue weighted by molar-refractivity contribution is 0.0892. The SMILES string of the molecule is CO[C@@H](C)c1cccc(-c2ccc(C(=O)NC(C)(C)C)o2)c1. The molecule has 2 aromatic rings. The molecule has 0 aliphatic heterocycles. The van der Waals surface area contributed by atoms with Crippen LogP contribution in [-0.2, 0) is 4.74 Å². The first-order chi connectivity index (χ1) is 10.3. The molecular formula is C18H23NO3. The van der Waals surface area contributed by atoms with Crippen molar-refractivity contribution in [3.05, 3.63) is 47.7 Å². The number of hydrogen-bond donors (Lipinski definition) is 1. The van der Waals surface area contributed by atoms with Gasteiger partial charge in [-0.1, -0.05) is 18.2 Å². The van der Waals surface area contributed by atoms with Gasteiger partial charge in [0.05, 0.1) is 6.10 Å². The number of carbonyl (C=O) groups is 1. The fourth-order valence-electron chi connectivity index (χ4n) is 2.10. The molecule has 1 amide bonds. The zero-order valence-corrected chi connectivity index (χ0v) is 13.8. The predicted molar refractivity (Wildman–Crippen MR) is 86.8 cm³/mol. The van der Waals surface area contributed by atoms with Crippen molar-refractivity contribution in [2.45, 2.75) is 39.3 Å². The second-order valence-electron chi connectivity index (χ2n) is 6.37. The summed E-state index contributed by atoms with van der Waals surface area (Å²) in [5.74, 6) is 0.777. The third kappa shape index (κ3) is 3.98. The van der Waals surface area contributed by atoms with Crippen LogP contribution in [0.4, 0.5) is 0 Å². The van der Waals surface area contributed by atoms with Crippen LogP contribution in [0.5, 0.6) is 0 Å². The topological polar surface area (TPSA) is 51.5 Å². The molecule has 0 saturated heterocycles. The van der Waals surface area contributed by atoms with Crippen molar-refractivity contribution >= 4 is 5.91 Å². The molecule has 0 spiro atoms. The van der Waals surface area contributed by atoms with Crippen LogP contribution < -0.4 is 5.32 Å². The van der Waals surface area contributed by atoms with Gasteiger partial charge in [0.1, 0.15) is 5.76 Å². The van der Waals surface area contributed by atoms with Gasteiger partial charge in [0, 0.05) is 18.2 Å². The van der Waals surface area contributed by atoms with Gasteiger partial charge in [-0.2, -0.15) is 0 Å². The summed E-state index contributed by atoms with van der Waals surface area (Å²) in [7, 11) is 1.68. The minimum atomic E-state index is -0.294. The highest BCUT2D eigenvalue weighted by atomic mass is 16.5. The summed E-state index contributed by atoms with van der Waals surface area (Å²) in [6, 6.07) is 11.4. The molecule has 0 aliphatic carbocycles. The Morgan fingerprint density at radius 3 is 2.59 bits per heavy atom. The van der Waals surface area contributed by atoms with Gasteiger partial charge in [-0.25, -0.2) is 0 Å². The molecule has 0 saturated carbocycles. The normalized spacial score (nSPS) is 13.0. The molecule has 4 heteroatoms. The van der Waals surface area contributed by atoms with Crippen LogP contribution >= 0.6 is 0 Å². The monoisotopic (exact) mass is 301 g/mol. The van der Waals surface area contributed by atoms with Crippen molar-refractivity contribution in [3.63, 3.8) is 0 Å². The molecule has 0 fully saturated rings. The van der Waals surface area contributed by atoms with Crippen LogP contribution in [0.25, 0.3) is 11.3 Å². The first kappa shape index (κ1) is 16.3. The summed E-state index contributed by atoms with van der Waals surface area (Å²) < 4.78 is 11.0. The number of rotatable bonds is 4. The average Bonchev–Trinajstić information content (AvgIpc) is 2.95. The van der Waals surface area contributed by atoms with Gasteiger partial charge in [0.15, 0.2) is 5.76 Å². The van der Waals surface area contributed by atoms with E-state index >= 15 is 0 Å². The summed E-state index contributed by atoms with van der Waals surface area (Å²) in [6.45, 7) is 7.79. The Morgan fingerprint density at radius 2 is 1.95 bits per heavy atom. The highest BCUT2D eigenvalue weighted by molar-refractivity contribution is 5.92. The van der Waals surface area contributed by atoms with Crippen molar-refractivity contribution < 1.29 is 13.9 Å². The van der Waals surface area contributed by atoms with Crippen molar-refractivity contribution in [1.82, 2.24) is 5.32 Å². The fourth-order valence-corrected chi connectivity index (χ4v) is 2.10. The largest absolute Gasteiger partial charge is 0.451 e. The van der Waals surface area contributed by atoms with Crippen molar-refractivity contribution in [2.75, 3.05) is 7.11 Å². The van der Waals surface area contributed by atoms with Gasteiger partial charge in [0.25, 0.3) is 5.91 Å². The second-order valence-corrected chi connectivity index (χ2v) is 6.37. The van der Waals surface area contributed by atoms with Gasteiger partial charge < -0.3 is 14.5 Å². The third-order valence-electron chi connectivity index (χ3n) is 3.31. The van der Waals surface area contributed by atoms with E-state index in [0.29, 0.717) is 11.5 Å². The molecule has 1 heterocycles.